The van der Waals surface area contributed by atoms with Crippen LogP contribution in [0.4, 0.5) is 20.4 Å². The molecule has 1 aliphatic rings. The number of anilines is 1. The van der Waals surface area contributed by atoms with Crippen LogP contribution in [0.5, 0.6) is 11.5 Å². The number of aromatic nitrogens is 3. The molecular weight excluding hydrogens is 320 g/mol. The Kier molecular flexibility index (Phi) is 3.28. The number of alkyl halides is 2. The van der Waals surface area contributed by atoms with Gasteiger partial charge in [-0.2, -0.15) is 4.68 Å². The van der Waals surface area contributed by atoms with E-state index in [-0.39, 0.29) is 23.7 Å². The number of fused-ring (bicyclic) bond motifs is 1. The van der Waals surface area contributed by atoms with Gasteiger partial charge in [-0.25, -0.2) is 0 Å². The van der Waals surface area contributed by atoms with Crippen LogP contribution in [0.3, 0.4) is 0 Å². The summed E-state index contributed by atoms with van der Waals surface area (Å²) < 4.78 is 35.2. The Hall–Kier alpha value is -3.31. The first-order valence-corrected chi connectivity index (χ1v) is 6.06. The first-order valence-electron chi connectivity index (χ1n) is 6.06. The number of carbonyl (C=O) groups is 1. The second-order valence-corrected chi connectivity index (χ2v) is 4.38. The van der Waals surface area contributed by atoms with Crippen LogP contribution in [0.15, 0.2) is 24.5 Å². The fourth-order valence-corrected chi connectivity index (χ4v) is 1.82. The number of hydrogen-bond acceptors (Lipinski definition) is 7. The minimum absolute atomic E-state index is 0.153. The molecule has 0 atom stereocenters. The third kappa shape index (κ3) is 3.14. The molecule has 0 bridgehead atoms. The van der Waals surface area contributed by atoms with Crippen LogP contribution in [-0.2, 0) is 11.3 Å². The van der Waals surface area contributed by atoms with Crippen molar-refractivity contribution in [2.24, 2.45) is 0 Å². The van der Waals surface area contributed by atoms with Crippen molar-refractivity contribution >= 4 is 17.5 Å². The molecule has 0 saturated carbocycles. The molecule has 2 aromatic rings. The van der Waals surface area contributed by atoms with Gasteiger partial charge in [-0.3, -0.25) is 4.79 Å². The lowest BCUT2D eigenvalue weighted by atomic mass is 10.3. The molecule has 1 N–H and O–H groups in total. The van der Waals surface area contributed by atoms with E-state index in [1.54, 1.807) is 0 Å². The third-order valence-corrected chi connectivity index (χ3v) is 2.68. The maximum atomic E-state index is 12.9. The molecule has 1 amide bonds. The quantitative estimate of drug-likeness (QED) is 0.660. The summed E-state index contributed by atoms with van der Waals surface area (Å²) in [5.74, 6) is -1.59. The highest BCUT2D eigenvalue weighted by atomic mass is 19.3. The second kappa shape index (κ2) is 5.15. The summed E-state index contributed by atoms with van der Waals surface area (Å²) >= 11 is 0. The summed E-state index contributed by atoms with van der Waals surface area (Å²) in [7, 11) is 0. The fraction of sp³-hybridized carbons (Fsp3) is 0.182. The lowest BCUT2D eigenvalue weighted by molar-refractivity contribution is -0.394. The molecule has 23 heavy (non-hydrogen) atoms. The Morgan fingerprint density at radius 2 is 2.13 bits per heavy atom. The highest BCUT2D eigenvalue weighted by Gasteiger charge is 2.43. The van der Waals surface area contributed by atoms with E-state index in [2.05, 4.69) is 24.9 Å². The molecule has 0 spiro atoms. The van der Waals surface area contributed by atoms with Gasteiger partial charge in [0.25, 0.3) is 0 Å². The minimum Gasteiger partial charge on any atom is -0.395 e. The molecule has 0 radical (unpaired) electrons. The molecule has 0 saturated heterocycles. The molecule has 2 heterocycles. The van der Waals surface area contributed by atoms with Gasteiger partial charge >= 0.3 is 12.2 Å². The summed E-state index contributed by atoms with van der Waals surface area (Å²) in [6.45, 7) is -0.342. The van der Waals surface area contributed by atoms with Gasteiger partial charge in [0.2, 0.25) is 12.2 Å². The van der Waals surface area contributed by atoms with Gasteiger partial charge in [0.05, 0.1) is 0 Å². The first-order chi connectivity index (χ1) is 10.8. The van der Waals surface area contributed by atoms with Gasteiger partial charge in [-0.15, -0.1) is 8.78 Å². The molecule has 0 fully saturated rings. The number of hydrogen-bond donors (Lipinski definition) is 1. The van der Waals surface area contributed by atoms with Crippen LogP contribution < -0.4 is 14.8 Å². The zero-order chi connectivity index (χ0) is 16.6. The zero-order valence-corrected chi connectivity index (χ0v) is 11.1. The number of halogens is 2. The Morgan fingerprint density at radius 3 is 2.83 bits per heavy atom. The average Bonchev–Trinajstić information content (AvgIpc) is 3.00. The third-order valence-electron chi connectivity index (χ3n) is 2.68. The molecule has 3 rings (SSSR count). The minimum atomic E-state index is -3.75. The molecule has 1 aliphatic heterocycles. The predicted octanol–water partition coefficient (Wildman–Crippen LogP) is 1.15. The standard InChI is InChI=1S/C11H7F2N5O5/c12-11(13)22-7-2-1-6(3-8(7)23-11)15-9(19)4-17-5-14-10(16-17)18(20)21/h1-3,5H,4H2,(H,15,19). The Balaban J connectivity index is 1.65. The molecule has 0 unspecified atom stereocenters. The summed E-state index contributed by atoms with van der Waals surface area (Å²) in [6.07, 6.45) is -2.72. The number of rotatable bonds is 4. The van der Waals surface area contributed by atoms with E-state index >= 15 is 0 Å². The van der Waals surface area contributed by atoms with Crippen LogP contribution in [0, 0.1) is 10.1 Å². The number of benzene rings is 1. The molecule has 120 valence electrons. The molecular formula is C11H7F2N5O5. The van der Waals surface area contributed by atoms with Crippen LogP contribution in [0.25, 0.3) is 0 Å². The second-order valence-electron chi connectivity index (χ2n) is 4.38. The Bertz CT molecular complexity index is 793. The van der Waals surface area contributed by atoms with E-state index in [9.17, 15) is 23.7 Å². The van der Waals surface area contributed by atoms with Gasteiger partial charge in [-0.1, -0.05) is 4.98 Å². The predicted molar refractivity (Wildman–Crippen MR) is 68.0 cm³/mol. The van der Waals surface area contributed by atoms with Crippen LogP contribution in [0.2, 0.25) is 0 Å². The number of ether oxygens (including phenoxy) is 2. The molecule has 1 aromatic carbocycles. The van der Waals surface area contributed by atoms with E-state index in [1.807, 2.05) is 0 Å². The van der Waals surface area contributed by atoms with E-state index in [0.717, 1.165) is 17.1 Å². The van der Waals surface area contributed by atoms with Crippen molar-refractivity contribution < 1.29 is 28.0 Å². The SMILES string of the molecule is O=C(Cn1cnc([N+](=O)[O-])n1)Nc1ccc2c(c1)OC(F)(F)O2. The largest absolute Gasteiger partial charge is 0.586 e. The van der Waals surface area contributed by atoms with Gasteiger partial charge in [-0.05, 0) is 17.1 Å². The monoisotopic (exact) mass is 327 g/mol. The lowest BCUT2D eigenvalue weighted by Gasteiger charge is -2.05. The van der Waals surface area contributed by atoms with E-state index in [0.29, 0.717) is 0 Å². The maximum Gasteiger partial charge on any atom is 0.586 e. The zero-order valence-electron chi connectivity index (χ0n) is 11.1. The number of nitrogens with one attached hydrogen (secondary N) is 1. The van der Waals surface area contributed by atoms with E-state index < -0.39 is 23.1 Å². The van der Waals surface area contributed by atoms with Gasteiger partial charge in [0.1, 0.15) is 6.54 Å². The van der Waals surface area contributed by atoms with Crippen molar-refractivity contribution in [1.29, 1.82) is 0 Å². The van der Waals surface area contributed by atoms with Crippen molar-refractivity contribution in [3.8, 4) is 11.5 Å². The Labute approximate surface area is 125 Å². The van der Waals surface area contributed by atoms with Gasteiger partial charge < -0.3 is 24.9 Å². The highest BCUT2D eigenvalue weighted by Crippen LogP contribution is 2.42. The van der Waals surface area contributed by atoms with E-state index in [4.69, 9.17) is 0 Å². The summed E-state index contributed by atoms with van der Waals surface area (Å²) in [5.41, 5.74) is 0.185. The first kappa shape index (κ1) is 14.6. The molecule has 0 aliphatic carbocycles. The Morgan fingerprint density at radius 1 is 1.39 bits per heavy atom. The molecule has 10 nitrogen and oxygen atoms in total. The summed E-state index contributed by atoms with van der Waals surface area (Å²) in [6, 6.07) is 3.72. The van der Waals surface area contributed by atoms with Crippen molar-refractivity contribution in [2.45, 2.75) is 12.8 Å². The molecule has 1 aromatic heterocycles. The van der Waals surface area contributed by atoms with Crippen molar-refractivity contribution in [1.82, 2.24) is 14.8 Å². The van der Waals surface area contributed by atoms with Gasteiger partial charge in [0.15, 0.2) is 11.5 Å². The van der Waals surface area contributed by atoms with Crippen molar-refractivity contribution in [3.63, 3.8) is 0 Å². The van der Waals surface area contributed by atoms with Crippen molar-refractivity contribution in [2.75, 3.05) is 5.32 Å². The van der Waals surface area contributed by atoms with Crippen molar-refractivity contribution in [3.05, 3.63) is 34.6 Å². The number of nitrogens with zero attached hydrogens (tertiary/aromatic N) is 4. The number of carbonyl (C=O) groups excluding carboxylic acids is 1. The summed E-state index contributed by atoms with van der Waals surface area (Å²) in [5, 5.41) is 16.3. The summed E-state index contributed by atoms with van der Waals surface area (Å²) in [4.78, 5) is 24.8. The van der Waals surface area contributed by atoms with Crippen LogP contribution >= 0.6 is 0 Å². The molecule has 12 heteroatoms. The number of nitro groups is 1. The average molecular weight is 327 g/mol. The maximum absolute atomic E-state index is 12.9. The topological polar surface area (TPSA) is 121 Å². The van der Waals surface area contributed by atoms with Crippen LogP contribution in [-0.4, -0.2) is 31.9 Å². The smallest absolute Gasteiger partial charge is 0.395 e. The lowest BCUT2D eigenvalue weighted by Crippen LogP contribution is -2.25. The number of amides is 1. The highest BCUT2D eigenvalue weighted by molar-refractivity contribution is 5.90. The van der Waals surface area contributed by atoms with Gasteiger partial charge in [0, 0.05) is 16.9 Å². The van der Waals surface area contributed by atoms with Crippen LogP contribution in [0.1, 0.15) is 0 Å². The fourth-order valence-electron chi connectivity index (χ4n) is 1.82. The van der Waals surface area contributed by atoms with E-state index in [1.165, 1.54) is 12.1 Å². The normalized spacial score (nSPS) is 14.5.